The zero-order valence-electron chi connectivity index (χ0n) is 16.3. The first kappa shape index (κ1) is 17.5. The molecule has 1 fully saturated rings. The third kappa shape index (κ3) is 3.78. The van der Waals surface area contributed by atoms with Crippen molar-refractivity contribution in [2.24, 2.45) is 5.92 Å². The number of benzene rings is 1. The standard InChI is InChI=1S/C23H30N2O/c1-16-11-20(12-17(2)24-16)13-19-5-4-9-25(15-19)18(3)22-7-6-21-8-10-26-23(21)14-22/h6-7,11-12,14,18-19H,4-5,8-10,13,15H2,1-3H3/t18?,19-/m1/s1. The lowest BCUT2D eigenvalue weighted by atomic mass is 9.89. The van der Waals surface area contributed by atoms with Gasteiger partial charge in [-0.1, -0.05) is 12.1 Å². The average molecular weight is 351 g/mol. The number of likely N-dealkylation sites (tertiary alicyclic amines) is 1. The highest BCUT2D eigenvalue weighted by Gasteiger charge is 2.25. The van der Waals surface area contributed by atoms with Crippen LogP contribution in [-0.2, 0) is 12.8 Å². The van der Waals surface area contributed by atoms with Crippen LogP contribution in [0.3, 0.4) is 0 Å². The van der Waals surface area contributed by atoms with Crippen LogP contribution in [0.15, 0.2) is 30.3 Å². The van der Waals surface area contributed by atoms with Gasteiger partial charge in [-0.2, -0.15) is 0 Å². The molecule has 3 heterocycles. The van der Waals surface area contributed by atoms with Gasteiger partial charge < -0.3 is 4.74 Å². The Morgan fingerprint density at radius 2 is 2.00 bits per heavy atom. The Morgan fingerprint density at radius 1 is 1.19 bits per heavy atom. The Kier molecular flexibility index (Phi) is 4.99. The van der Waals surface area contributed by atoms with Gasteiger partial charge in [-0.15, -0.1) is 0 Å². The van der Waals surface area contributed by atoms with E-state index in [-0.39, 0.29) is 0 Å². The van der Waals surface area contributed by atoms with Crippen molar-refractivity contribution in [2.75, 3.05) is 19.7 Å². The number of ether oxygens (including phenoxy) is 1. The number of aromatic nitrogens is 1. The molecular formula is C23H30N2O. The van der Waals surface area contributed by atoms with E-state index in [0.717, 1.165) is 36.1 Å². The molecule has 2 aromatic rings. The van der Waals surface area contributed by atoms with Crippen molar-refractivity contribution in [3.63, 3.8) is 0 Å². The van der Waals surface area contributed by atoms with E-state index in [9.17, 15) is 0 Å². The lowest BCUT2D eigenvalue weighted by molar-refractivity contribution is 0.131. The molecule has 0 amide bonds. The highest BCUT2D eigenvalue weighted by molar-refractivity contribution is 5.41. The topological polar surface area (TPSA) is 25.4 Å². The highest BCUT2D eigenvalue weighted by atomic mass is 16.5. The summed E-state index contributed by atoms with van der Waals surface area (Å²) in [5.74, 6) is 1.84. The number of hydrogen-bond acceptors (Lipinski definition) is 3. The quantitative estimate of drug-likeness (QED) is 0.802. The van der Waals surface area contributed by atoms with Gasteiger partial charge in [0, 0.05) is 30.4 Å². The average Bonchev–Trinajstić information content (AvgIpc) is 3.08. The highest BCUT2D eigenvalue weighted by Crippen LogP contribution is 2.33. The summed E-state index contributed by atoms with van der Waals surface area (Å²) in [7, 11) is 0. The van der Waals surface area contributed by atoms with E-state index in [4.69, 9.17) is 4.74 Å². The van der Waals surface area contributed by atoms with Gasteiger partial charge in [0.25, 0.3) is 0 Å². The van der Waals surface area contributed by atoms with Crippen LogP contribution in [0, 0.1) is 19.8 Å². The largest absolute Gasteiger partial charge is 0.493 e. The molecule has 1 unspecified atom stereocenters. The predicted molar refractivity (Wildman–Crippen MR) is 106 cm³/mol. The Hall–Kier alpha value is -1.87. The van der Waals surface area contributed by atoms with Gasteiger partial charge in [0.1, 0.15) is 5.75 Å². The molecule has 3 nitrogen and oxygen atoms in total. The van der Waals surface area contributed by atoms with Crippen molar-refractivity contribution < 1.29 is 4.74 Å². The summed E-state index contributed by atoms with van der Waals surface area (Å²) in [5.41, 5.74) is 6.47. The lowest BCUT2D eigenvalue weighted by Gasteiger charge is -2.37. The van der Waals surface area contributed by atoms with Gasteiger partial charge in [-0.25, -0.2) is 0 Å². The van der Waals surface area contributed by atoms with Crippen LogP contribution in [0.4, 0.5) is 0 Å². The summed E-state index contributed by atoms with van der Waals surface area (Å²) >= 11 is 0. The maximum Gasteiger partial charge on any atom is 0.122 e. The van der Waals surface area contributed by atoms with Crippen LogP contribution in [-0.4, -0.2) is 29.6 Å². The molecule has 3 heteroatoms. The smallest absolute Gasteiger partial charge is 0.122 e. The third-order valence-corrected chi connectivity index (χ3v) is 5.97. The first-order chi connectivity index (χ1) is 12.6. The fourth-order valence-corrected chi connectivity index (χ4v) is 4.64. The first-order valence-corrected chi connectivity index (χ1v) is 10.0. The first-order valence-electron chi connectivity index (χ1n) is 10.0. The zero-order chi connectivity index (χ0) is 18.1. The van der Waals surface area contributed by atoms with E-state index < -0.39 is 0 Å². The number of piperidine rings is 1. The molecule has 0 aliphatic carbocycles. The summed E-state index contributed by atoms with van der Waals surface area (Å²) in [6.07, 6.45) is 4.84. The summed E-state index contributed by atoms with van der Waals surface area (Å²) in [5, 5.41) is 0. The minimum absolute atomic E-state index is 0.452. The number of aryl methyl sites for hydroxylation is 2. The van der Waals surface area contributed by atoms with Gasteiger partial charge in [0.05, 0.1) is 6.61 Å². The van der Waals surface area contributed by atoms with E-state index in [1.165, 1.54) is 49.0 Å². The van der Waals surface area contributed by atoms with Crippen molar-refractivity contribution in [1.29, 1.82) is 0 Å². The fourth-order valence-electron chi connectivity index (χ4n) is 4.64. The third-order valence-electron chi connectivity index (χ3n) is 5.97. The molecule has 1 saturated heterocycles. The molecule has 138 valence electrons. The normalized spacial score (nSPS) is 21.3. The molecule has 0 N–H and O–H groups in total. The van der Waals surface area contributed by atoms with E-state index >= 15 is 0 Å². The summed E-state index contributed by atoms with van der Waals surface area (Å²) < 4.78 is 5.77. The number of rotatable bonds is 4. The fraction of sp³-hybridized carbons (Fsp3) is 0.522. The molecule has 1 aromatic carbocycles. The van der Waals surface area contributed by atoms with Gasteiger partial charge in [0.2, 0.25) is 0 Å². The van der Waals surface area contributed by atoms with Crippen LogP contribution in [0.5, 0.6) is 5.75 Å². The Bertz CT molecular complexity index is 766. The van der Waals surface area contributed by atoms with Crippen molar-refractivity contribution >= 4 is 0 Å². The molecule has 0 bridgehead atoms. The maximum absolute atomic E-state index is 5.77. The van der Waals surface area contributed by atoms with Gasteiger partial charge in [0.15, 0.2) is 0 Å². The number of pyridine rings is 1. The van der Waals surface area contributed by atoms with E-state index in [0.29, 0.717) is 6.04 Å². The SMILES string of the molecule is Cc1cc(C[C@H]2CCCN(C(C)c3ccc4c(c3)OCC4)C2)cc(C)n1. The Balaban J connectivity index is 1.44. The molecule has 1 aromatic heterocycles. The molecule has 0 saturated carbocycles. The van der Waals surface area contributed by atoms with E-state index in [1.807, 2.05) is 0 Å². The molecule has 0 radical (unpaired) electrons. The second kappa shape index (κ2) is 7.40. The van der Waals surface area contributed by atoms with Crippen molar-refractivity contribution in [1.82, 2.24) is 9.88 Å². The number of nitrogens with zero attached hydrogens (tertiary/aromatic N) is 2. The summed E-state index contributed by atoms with van der Waals surface area (Å²) in [4.78, 5) is 7.17. The van der Waals surface area contributed by atoms with E-state index in [1.54, 1.807) is 0 Å². The van der Waals surface area contributed by atoms with Crippen LogP contribution < -0.4 is 4.74 Å². The number of fused-ring (bicyclic) bond motifs is 1. The van der Waals surface area contributed by atoms with Gasteiger partial charge in [-0.05, 0) is 87.4 Å². The zero-order valence-corrected chi connectivity index (χ0v) is 16.3. The predicted octanol–water partition coefficient (Wildman–Crippen LogP) is 4.65. The van der Waals surface area contributed by atoms with Crippen LogP contribution in [0.25, 0.3) is 0 Å². The molecule has 0 spiro atoms. The maximum atomic E-state index is 5.77. The van der Waals surface area contributed by atoms with Crippen LogP contribution >= 0.6 is 0 Å². The second-order valence-corrected chi connectivity index (χ2v) is 8.11. The minimum atomic E-state index is 0.452. The molecule has 2 atom stereocenters. The lowest BCUT2D eigenvalue weighted by Crippen LogP contribution is -2.38. The Morgan fingerprint density at radius 3 is 2.81 bits per heavy atom. The van der Waals surface area contributed by atoms with Crippen LogP contribution in [0.1, 0.15) is 53.9 Å². The number of hydrogen-bond donors (Lipinski definition) is 0. The molecular weight excluding hydrogens is 320 g/mol. The Labute approximate surface area is 157 Å². The van der Waals surface area contributed by atoms with Crippen LogP contribution in [0.2, 0.25) is 0 Å². The monoisotopic (exact) mass is 350 g/mol. The molecule has 4 rings (SSSR count). The van der Waals surface area contributed by atoms with Gasteiger partial charge >= 0.3 is 0 Å². The minimum Gasteiger partial charge on any atom is -0.493 e. The van der Waals surface area contributed by atoms with Crippen molar-refractivity contribution in [3.8, 4) is 5.75 Å². The molecule has 2 aliphatic rings. The summed E-state index contributed by atoms with van der Waals surface area (Å²) in [6.45, 7) is 9.76. The molecule has 26 heavy (non-hydrogen) atoms. The summed E-state index contributed by atoms with van der Waals surface area (Å²) in [6, 6.07) is 11.8. The van der Waals surface area contributed by atoms with Crippen molar-refractivity contribution in [2.45, 2.75) is 52.5 Å². The molecule has 2 aliphatic heterocycles. The van der Waals surface area contributed by atoms with Gasteiger partial charge in [-0.3, -0.25) is 9.88 Å². The second-order valence-electron chi connectivity index (χ2n) is 8.11. The van der Waals surface area contributed by atoms with E-state index in [2.05, 4.69) is 61.0 Å². The van der Waals surface area contributed by atoms with Crippen molar-refractivity contribution in [3.05, 3.63) is 58.4 Å².